The predicted octanol–water partition coefficient (Wildman–Crippen LogP) is 3.97. The number of esters is 1. The largest absolute Gasteiger partial charge is 0.465 e. The number of ether oxygens (including phenoxy) is 1. The molecule has 0 saturated heterocycles. The van der Waals surface area contributed by atoms with Gasteiger partial charge in [-0.15, -0.1) is 10.2 Å². The molecule has 25 heavy (non-hydrogen) atoms. The zero-order chi connectivity index (χ0) is 17.6. The van der Waals surface area contributed by atoms with E-state index < -0.39 is 5.25 Å². The number of aryl methyl sites for hydroxylation is 1. The van der Waals surface area contributed by atoms with Crippen LogP contribution in [0.1, 0.15) is 23.3 Å². The third-order valence-electron chi connectivity index (χ3n) is 3.72. The lowest BCUT2D eigenvalue weighted by Gasteiger charge is -2.16. The Balaban J connectivity index is 1.95. The Bertz CT molecular complexity index is 849. The summed E-state index contributed by atoms with van der Waals surface area (Å²) in [5.74, 6) is -0.280. The van der Waals surface area contributed by atoms with E-state index in [1.54, 1.807) is 13.3 Å². The summed E-state index contributed by atoms with van der Waals surface area (Å²) >= 11 is 1.34. The lowest BCUT2D eigenvalue weighted by molar-refractivity contribution is -0.142. The van der Waals surface area contributed by atoms with Crippen LogP contribution in [0.25, 0.3) is 5.69 Å². The van der Waals surface area contributed by atoms with Crippen molar-refractivity contribution >= 4 is 17.7 Å². The first-order chi connectivity index (χ1) is 12.2. The molecule has 3 aromatic rings. The molecule has 3 rings (SSSR count). The molecule has 0 unspecified atom stereocenters. The Kier molecular flexibility index (Phi) is 5.50. The molecule has 5 nitrogen and oxygen atoms in total. The van der Waals surface area contributed by atoms with Gasteiger partial charge in [-0.2, -0.15) is 0 Å². The molecule has 0 aliphatic rings. The normalized spacial score (nSPS) is 11.9. The van der Waals surface area contributed by atoms with Crippen molar-refractivity contribution in [2.24, 2.45) is 0 Å². The highest BCUT2D eigenvalue weighted by molar-refractivity contribution is 8.00. The van der Waals surface area contributed by atoms with E-state index in [-0.39, 0.29) is 5.97 Å². The van der Waals surface area contributed by atoms with E-state index in [9.17, 15) is 4.79 Å². The molecule has 2 aromatic carbocycles. The van der Waals surface area contributed by atoms with Gasteiger partial charge in [0.2, 0.25) is 0 Å². The molecule has 0 saturated carbocycles. The molecule has 0 spiro atoms. The maximum absolute atomic E-state index is 12.5. The fraction of sp³-hybridized carbons (Fsp3) is 0.211. The Labute approximate surface area is 151 Å². The highest BCUT2D eigenvalue weighted by Gasteiger charge is 2.26. The van der Waals surface area contributed by atoms with Crippen LogP contribution in [0.15, 0.2) is 66.1 Å². The van der Waals surface area contributed by atoms with Gasteiger partial charge in [-0.3, -0.25) is 9.36 Å². The van der Waals surface area contributed by atoms with Gasteiger partial charge >= 0.3 is 5.97 Å². The van der Waals surface area contributed by atoms with E-state index >= 15 is 0 Å². The summed E-state index contributed by atoms with van der Waals surface area (Å²) in [7, 11) is 0. The van der Waals surface area contributed by atoms with Crippen molar-refractivity contribution in [3.8, 4) is 5.69 Å². The molecule has 0 aliphatic carbocycles. The van der Waals surface area contributed by atoms with Gasteiger partial charge in [0.15, 0.2) is 5.16 Å². The number of rotatable bonds is 6. The van der Waals surface area contributed by atoms with Crippen LogP contribution in [0.4, 0.5) is 0 Å². The van der Waals surface area contributed by atoms with Gasteiger partial charge in [0, 0.05) is 0 Å². The van der Waals surface area contributed by atoms with Gasteiger partial charge < -0.3 is 4.74 Å². The van der Waals surface area contributed by atoms with Gasteiger partial charge in [-0.1, -0.05) is 60.3 Å². The molecule has 1 heterocycles. The average molecular weight is 353 g/mol. The van der Waals surface area contributed by atoms with Gasteiger partial charge in [-0.05, 0) is 31.0 Å². The number of aromatic nitrogens is 3. The first-order valence-electron chi connectivity index (χ1n) is 8.05. The Morgan fingerprint density at radius 2 is 1.88 bits per heavy atom. The number of thioether (sulfide) groups is 1. The molecule has 0 radical (unpaired) electrons. The third-order valence-corrected chi connectivity index (χ3v) is 4.91. The van der Waals surface area contributed by atoms with Crippen molar-refractivity contribution in [3.63, 3.8) is 0 Å². The zero-order valence-corrected chi connectivity index (χ0v) is 14.9. The van der Waals surface area contributed by atoms with Gasteiger partial charge in [-0.25, -0.2) is 0 Å². The monoisotopic (exact) mass is 353 g/mol. The van der Waals surface area contributed by atoms with Crippen LogP contribution in [0.5, 0.6) is 0 Å². The first-order valence-corrected chi connectivity index (χ1v) is 8.93. The summed E-state index contributed by atoms with van der Waals surface area (Å²) in [6, 6.07) is 17.6. The summed E-state index contributed by atoms with van der Waals surface area (Å²) < 4.78 is 7.16. The second-order valence-electron chi connectivity index (χ2n) is 5.43. The van der Waals surface area contributed by atoms with E-state index in [2.05, 4.69) is 10.2 Å². The molecule has 0 bridgehead atoms. The molecular weight excluding hydrogens is 334 g/mol. The highest BCUT2D eigenvalue weighted by atomic mass is 32.2. The minimum absolute atomic E-state index is 0.280. The number of hydrogen-bond donors (Lipinski definition) is 0. The smallest absolute Gasteiger partial charge is 0.324 e. The summed E-state index contributed by atoms with van der Waals surface area (Å²) in [5.41, 5.74) is 2.98. The van der Waals surface area contributed by atoms with Crippen LogP contribution < -0.4 is 0 Å². The molecular formula is C19H19N3O2S. The van der Waals surface area contributed by atoms with Crippen LogP contribution in [0.3, 0.4) is 0 Å². The van der Waals surface area contributed by atoms with E-state index in [0.29, 0.717) is 11.8 Å². The van der Waals surface area contributed by atoms with E-state index in [1.165, 1.54) is 11.8 Å². The lowest BCUT2D eigenvalue weighted by atomic mass is 10.1. The number of nitrogens with zero attached hydrogens (tertiary/aromatic N) is 3. The van der Waals surface area contributed by atoms with Crippen molar-refractivity contribution in [2.75, 3.05) is 6.61 Å². The summed E-state index contributed by atoms with van der Waals surface area (Å²) in [6.45, 7) is 4.18. The molecule has 1 aromatic heterocycles. The number of benzene rings is 2. The van der Waals surface area contributed by atoms with Crippen LogP contribution in [-0.4, -0.2) is 27.3 Å². The van der Waals surface area contributed by atoms with E-state index in [1.807, 2.05) is 66.1 Å². The summed E-state index contributed by atoms with van der Waals surface area (Å²) in [4.78, 5) is 12.5. The molecule has 0 fully saturated rings. The van der Waals surface area contributed by atoms with Crippen molar-refractivity contribution in [1.82, 2.24) is 14.8 Å². The predicted molar refractivity (Wildman–Crippen MR) is 97.8 cm³/mol. The molecule has 6 heteroatoms. The van der Waals surface area contributed by atoms with Crippen LogP contribution in [0, 0.1) is 6.92 Å². The minimum atomic E-state index is -0.492. The van der Waals surface area contributed by atoms with Crippen molar-refractivity contribution in [2.45, 2.75) is 24.3 Å². The van der Waals surface area contributed by atoms with E-state index in [0.717, 1.165) is 16.8 Å². The fourth-order valence-corrected chi connectivity index (χ4v) is 3.53. The average Bonchev–Trinajstić information content (AvgIpc) is 3.09. The van der Waals surface area contributed by atoms with Gasteiger partial charge in [0.1, 0.15) is 11.6 Å². The Morgan fingerprint density at radius 3 is 2.60 bits per heavy atom. The Morgan fingerprint density at radius 1 is 1.16 bits per heavy atom. The highest BCUT2D eigenvalue weighted by Crippen LogP contribution is 2.36. The number of carbonyl (C=O) groups is 1. The fourth-order valence-electron chi connectivity index (χ4n) is 2.51. The maximum atomic E-state index is 12.5. The van der Waals surface area contributed by atoms with Gasteiger partial charge in [0.25, 0.3) is 0 Å². The second kappa shape index (κ2) is 7.98. The Hall–Kier alpha value is -2.60. The van der Waals surface area contributed by atoms with Crippen LogP contribution >= 0.6 is 11.8 Å². The topological polar surface area (TPSA) is 57.0 Å². The van der Waals surface area contributed by atoms with Crippen LogP contribution in [0.2, 0.25) is 0 Å². The number of carbonyl (C=O) groups excluding carboxylic acids is 1. The number of hydrogen-bond acceptors (Lipinski definition) is 5. The quantitative estimate of drug-likeness (QED) is 0.496. The van der Waals surface area contributed by atoms with E-state index in [4.69, 9.17) is 4.74 Å². The standard InChI is InChI=1S/C19H19N3O2S/c1-3-24-18(23)17(15-10-5-4-6-11-15)25-19-21-20-13-22(19)16-12-8-7-9-14(16)2/h4-13,17H,3H2,1-2H3/t17-/m0/s1. The minimum Gasteiger partial charge on any atom is -0.465 e. The number of para-hydroxylation sites is 1. The van der Waals surface area contributed by atoms with Crippen molar-refractivity contribution < 1.29 is 9.53 Å². The van der Waals surface area contributed by atoms with Crippen molar-refractivity contribution in [3.05, 3.63) is 72.1 Å². The summed E-state index contributed by atoms with van der Waals surface area (Å²) in [6.07, 6.45) is 1.66. The summed E-state index contributed by atoms with van der Waals surface area (Å²) in [5, 5.41) is 8.40. The first kappa shape index (κ1) is 17.2. The zero-order valence-electron chi connectivity index (χ0n) is 14.1. The van der Waals surface area contributed by atoms with Gasteiger partial charge in [0.05, 0.1) is 12.3 Å². The molecule has 128 valence electrons. The molecule has 0 amide bonds. The maximum Gasteiger partial charge on any atom is 0.324 e. The second-order valence-corrected chi connectivity index (χ2v) is 6.50. The molecule has 1 atom stereocenters. The lowest BCUT2D eigenvalue weighted by Crippen LogP contribution is -2.14. The molecule has 0 N–H and O–H groups in total. The molecule has 0 aliphatic heterocycles. The third kappa shape index (κ3) is 3.91. The van der Waals surface area contributed by atoms with Crippen molar-refractivity contribution in [1.29, 1.82) is 0 Å². The SMILES string of the molecule is CCOC(=O)[C@@H](Sc1nncn1-c1ccccc1C)c1ccccc1. The van der Waals surface area contributed by atoms with Crippen LogP contribution in [-0.2, 0) is 9.53 Å².